The van der Waals surface area contributed by atoms with Crippen LogP contribution in [0.5, 0.6) is 0 Å². The maximum atomic E-state index is 12.5. The Bertz CT molecular complexity index is 767. The third kappa shape index (κ3) is 3.75. The zero-order chi connectivity index (χ0) is 15.5. The highest BCUT2D eigenvalue weighted by atomic mass is 32.2. The van der Waals surface area contributed by atoms with Gasteiger partial charge in [-0.2, -0.15) is 0 Å². The van der Waals surface area contributed by atoms with Gasteiger partial charge in [-0.1, -0.05) is 12.1 Å². The topological polar surface area (TPSA) is 73.0 Å². The molecule has 0 aliphatic rings. The van der Waals surface area contributed by atoms with Gasteiger partial charge in [-0.15, -0.1) is 11.3 Å². The first kappa shape index (κ1) is 15.8. The fourth-order valence-electron chi connectivity index (χ4n) is 1.80. The van der Waals surface area contributed by atoms with E-state index in [1.165, 1.54) is 17.4 Å². The number of thiazole rings is 1. The Morgan fingerprint density at radius 3 is 2.81 bits per heavy atom. The second-order valence-corrected chi connectivity index (χ2v) is 7.73. The van der Waals surface area contributed by atoms with Crippen LogP contribution < -0.4 is 5.73 Å². The summed E-state index contributed by atoms with van der Waals surface area (Å²) in [6.07, 6.45) is 1.96. The van der Waals surface area contributed by atoms with Crippen molar-refractivity contribution in [2.45, 2.75) is 11.8 Å². The van der Waals surface area contributed by atoms with Crippen LogP contribution in [0.15, 0.2) is 47.3 Å². The summed E-state index contributed by atoms with van der Waals surface area (Å²) in [5.41, 5.74) is 6.14. The minimum Gasteiger partial charge on any atom is -0.327 e. The van der Waals surface area contributed by atoms with E-state index < -0.39 is 15.6 Å². The van der Waals surface area contributed by atoms with Gasteiger partial charge in [0.05, 0.1) is 26.9 Å². The predicted molar refractivity (Wildman–Crippen MR) is 82.6 cm³/mol. The number of rotatable bonds is 5. The Labute approximate surface area is 127 Å². The molecule has 21 heavy (non-hydrogen) atoms. The third-order valence-corrected chi connectivity index (χ3v) is 5.58. The average molecular weight is 326 g/mol. The number of benzene rings is 1. The molecule has 7 heteroatoms. The lowest BCUT2D eigenvalue weighted by Crippen LogP contribution is -2.15. The molecule has 0 spiro atoms. The molecule has 2 N–H and O–H groups in total. The molecule has 0 atom stereocenters. The Balaban J connectivity index is 2.37. The van der Waals surface area contributed by atoms with Crippen molar-refractivity contribution in [3.8, 4) is 10.4 Å². The van der Waals surface area contributed by atoms with Crippen LogP contribution >= 0.6 is 11.3 Å². The smallest absolute Gasteiger partial charge is 0.182 e. The van der Waals surface area contributed by atoms with E-state index in [0.717, 1.165) is 15.4 Å². The molecule has 1 heterocycles. The Kier molecular flexibility index (Phi) is 4.87. The fourth-order valence-corrected chi connectivity index (χ4v) is 4.00. The molecule has 1 aromatic heterocycles. The zero-order valence-corrected chi connectivity index (χ0v) is 13.0. The van der Waals surface area contributed by atoms with Crippen molar-refractivity contribution in [2.75, 3.05) is 12.3 Å². The number of nitrogens with two attached hydrogens (primary N) is 1. The van der Waals surface area contributed by atoms with Crippen molar-refractivity contribution >= 4 is 21.2 Å². The summed E-state index contributed by atoms with van der Waals surface area (Å²) in [6, 6.07) is 6.56. The van der Waals surface area contributed by atoms with Crippen LogP contribution in [0.4, 0.5) is 4.39 Å². The molecule has 0 radical (unpaired) electrons. The molecule has 2 aromatic rings. The lowest BCUT2D eigenvalue weighted by Gasteiger charge is -2.07. The minimum atomic E-state index is -3.61. The molecule has 0 saturated heterocycles. The van der Waals surface area contributed by atoms with Gasteiger partial charge in [-0.3, -0.25) is 0 Å². The summed E-state index contributed by atoms with van der Waals surface area (Å²) in [5, 5.41) is 0.907. The third-order valence-electron chi connectivity index (χ3n) is 2.89. The van der Waals surface area contributed by atoms with Crippen molar-refractivity contribution in [3.63, 3.8) is 0 Å². The van der Waals surface area contributed by atoms with E-state index >= 15 is 0 Å². The summed E-state index contributed by atoms with van der Waals surface area (Å²) in [4.78, 5) is 5.20. The number of hydrogen-bond acceptors (Lipinski definition) is 5. The molecule has 0 unspecified atom stereocenters. The van der Waals surface area contributed by atoms with E-state index in [2.05, 4.69) is 4.98 Å². The molecular weight excluding hydrogens is 311 g/mol. The fraction of sp³-hybridized carbons (Fsp3) is 0.214. The maximum absolute atomic E-state index is 12.5. The Morgan fingerprint density at radius 1 is 1.48 bits per heavy atom. The van der Waals surface area contributed by atoms with E-state index in [1.807, 2.05) is 13.0 Å². The van der Waals surface area contributed by atoms with Gasteiger partial charge in [-0.25, -0.2) is 17.8 Å². The highest BCUT2D eigenvalue weighted by Crippen LogP contribution is 2.28. The van der Waals surface area contributed by atoms with Crippen LogP contribution in [0.3, 0.4) is 0 Å². The van der Waals surface area contributed by atoms with Gasteiger partial charge in [0, 0.05) is 12.7 Å². The van der Waals surface area contributed by atoms with Crippen molar-refractivity contribution in [1.29, 1.82) is 0 Å². The zero-order valence-electron chi connectivity index (χ0n) is 11.4. The van der Waals surface area contributed by atoms with Crippen LogP contribution in [0.2, 0.25) is 0 Å². The highest BCUT2D eigenvalue weighted by Gasteiger charge is 2.17. The van der Waals surface area contributed by atoms with E-state index in [-0.39, 0.29) is 23.3 Å². The molecule has 0 bridgehead atoms. The number of aromatic nitrogens is 1. The number of hydrogen-bond donors (Lipinski definition) is 1. The second-order valence-electron chi connectivity index (χ2n) is 4.50. The lowest BCUT2D eigenvalue weighted by atomic mass is 10.2. The SMILES string of the molecule is Cc1ncc(-c2cccc(S(=O)(=O)C/C(=C/F)CN)c2)s1. The number of aryl methyl sites for hydroxylation is 1. The molecule has 0 aliphatic carbocycles. The van der Waals surface area contributed by atoms with Crippen molar-refractivity contribution in [2.24, 2.45) is 5.73 Å². The van der Waals surface area contributed by atoms with Crippen molar-refractivity contribution in [1.82, 2.24) is 4.98 Å². The van der Waals surface area contributed by atoms with Crippen LogP contribution in [-0.4, -0.2) is 25.7 Å². The van der Waals surface area contributed by atoms with Gasteiger partial charge in [-0.05, 0) is 30.2 Å². The van der Waals surface area contributed by atoms with Gasteiger partial charge in [0.25, 0.3) is 0 Å². The summed E-state index contributed by atoms with van der Waals surface area (Å²) in [5.74, 6) is -0.412. The molecule has 0 saturated carbocycles. The van der Waals surface area contributed by atoms with Gasteiger partial charge >= 0.3 is 0 Å². The normalized spacial score (nSPS) is 12.6. The number of nitrogens with zero attached hydrogens (tertiary/aromatic N) is 1. The molecule has 2 rings (SSSR count). The van der Waals surface area contributed by atoms with E-state index in [4.69, 9.17) is 5.73 Å². The predicted octanol–water partition coefficient (Wildman–Crippen LogP) is 2.70. The number of sulfone groups is 1. The summed E-state index contributed by atoms with van der Waals surface area (Å²) < 4.78 is 37.1. The molecule has 0 fully saturated rings. The van der Waals surface area contributed by atoms with Crippen LogP contribution in [0, 0.1) is 6.92 Å². The van der Waals surface area contributed by atoms with Crippen LogP contribution in [0.25, 0.3) is 10.4 Å². The largest absolute Gasteiger partial charge is 0.327 e. The molecule has 0 aliphatic heterocycles. The molecule has 1 aromatic carbocycles. The molecule has 0 amide bonds. The van der Waals surface area contributed by atoms with Crippen LogP contribution in [0.1, 0.15) is 5.01 Å². The number of halogens is 1. The first-order chi connectivity index (χ1) is 9.96. The Hall–Kier alpha value is -1.57. The summed E-state index contributed by atoms with van der Waals surface area (Å²) in [6.45, 7) is 1.76. The van der Waals surface area contributed by atoms with Gasteiger partial charge < -0.3 is 5.73 Å². The van der Waals surface area contributed by atoms with Crippen molar-refractivity contribution < 1.29 is 12.8 Å². The second kappa shape index (κ2) is 6.46. The monoisotopic (exact) mass is 326 g/mol. The lowest BCUT2D eigenvalue weighted by molar-refractivity contribution is 0.596. The summed E-state index contributed by atoms with van der Waals surface area (Å²) >= 11 is 1.49. The summed E-state index contributed by atoms with van der Waals surface area (Å²) in [7, 11) is -3.61. The quantitative estimate of drug-likeness (QED) is 0.917. The van der Waals surface area contributed by atoms with Crippen LogP contribution in [-0.2, 0) is 9.84 Å². The first-order valence-electron chi connectivity index (χ1n) is 6.20. The van der Waals surface area contributed by atoms with Gasteiger partial charge in [0.2, 0.25) is 0 Å². The minimum absolute atomic E-state index is 0.0500. The van der Waals surface area contributed by atoms with Crippen molar-refractivity contribution in [3.05, 3.63) is 47.4 Å². The first-order valence-corrected chi connectivity index (χ1v) is 8.67. The van der Waals surface area contributed by atoms with Gasteiger partial charge in [0.1, 0.15) is 0 Å². The average Bonchev–Trinajstić information content (AvgIpc) is 2.91. The molecule has 4 nitrogen and oxygen atoms in total. The molecule has 112 valence electrons. The van der Waals surface area contributed by atoms with E-state index in [1.54, 1.807) is 18.3 Å². The highest BCUT2D eigenvalue weighted by molar-refractivity contribution is 7.91. The van der Waals surface area contributed by atoms with Gasteiger partial charge in [0.15, 0.2) is 9.84 Å². The maximum Gasteiger partial charge on any atom is 0.182 e. The van der Waals surface area contributed by atoms with E-state index in [9.17, 15) is 12.8 Å². The standard InChI is InChI=1S/C14H15FN2O2S2/c1-10-17-8-14(20-10)12-3-2-4-13(5-12)21(18,19)9-11(6-15)7-16/h2-6,8H,7,9,16H2,1H3/b11-6+. The van der Waals surface area contributed by atoms with E-state index in [0.29, 0.717) is 0 Å². The molecular formula is C14H15FN2O2S2. The Morgan fingerprint density at radius 2 is 2.24 bits per heavy atom.